The molecule has 0 bridgehead atoms. The van der Waals surface area contributed by atoms with Gasteiger partial charge in [0.05, 0.1) is 0 Å². The Kier molecular flexibility index (Phi) is 3.36. The Bertz CT molecular complexity index is 682. The highest BCUT2D eigenvalue weighted by Gasteiger charge is 2.12. The molecule has 96 valence electrons. The van der Waals surface area contributed by atoms with E-state index in [4.69, 9.17) is 5.73 Å². The Labute approximate surface area is 117 Å². The van der Waals surface area contributed by atoms with Crippen LogP contribution in [0.4, 0.5) is 0 Å². The monoisotopic (exact) mass is 267 g/mol. The number of aryl methyl sites for hydroxylation is 1. The molecular formula is C17H17NS. The van der Waals surface area contributed by atoms with Gasteiger partial charge in [-0.1, -0.05) is 48.0 Å². The van der Waals surface area contributed by atoms with E-state index in [0.717, 1.165) is 6.42 Å². The van der Waals surface area contributed by atoms with Crippen LogP contribution in [0.15, 0.2) is 53.9 Å². The summed E-state index contributed by atoms with van der Waals surface area (Å²) < 4.78 is 1.32. The molecule has 1 unspecified atom stereocenters. The Hall–Kier alpha value is -1.64. The summed E-state index contributed by atoms with van der Waals surface area (Å²) in [7, 11) is 0. The molecule has 0 amide bonds. The summed E-state index contributed by atoms with van der Waals surface area (Å²) in [4.78, 5) is 0. The molecule has 3 aromatic rings. The van der Waals surface area contributed by atoms with Crippen molar-refractivity contribution in [1.82, 2.24) is 0 Å². The van der Waals surface area contributed by atoms with Gasteiger partial charge in [-0.25, -0.2) is 0 Å². The highest BCUT2D eigenvalue weighted by Crippen LogP contribution is 2.30. The van der Waals surface area contributed by atoms with E-state index in [1.165, 1.54) is 26.8 Å². The zero-order valence-corrected chi connectivity index (χ0v) is 11.8. The highest BCUT2D eigenvalue weighted by atomic mass is 32.1. The molecule has 0 aliphatic heterocycles. The first-order valence-corrected chi connectivity index (χ1v) is 7.39. The van der Waals surface area contributed by atoms with Crippen LogP contribution in [0.25, 0.3) is 10.1 Å². The first-order chi connectivity index (χ1) is 9.24. The number of fused-ring (bicyclic) bond motifs is 1. The number of thiophene rings is 1. The minimum atomic E-state index is 0.0684. The van der Waals surface area contributed by atoms with Crippen molar-refractivity contribution in [2.45, 2.75) is 19.4 Å². The van der Waals surface area contributed by atoms with Gasteiger partial charge in [0.1, 0.15) is 0 Å². The molecule has 2 N–H and O–H groups in total. The first kappa shape index (κ1) is 12.4. The lowest BCUT2D eigenvalue weighted by atomic mass is 9.99. The zero-order valence-electron chi connectivity index (χ0n) is 11.0. The van der Waals surface area contributed by atoms with Gasteiger partial charge in [-0.3, -0.25) is 0 Å². The summed E-state index contributed by atoms with van der Waals surface area (Å²) in [5.41, 5.74) is 10.2. The standard InChI is InChI=1S/C17H17NS/c1-12-6-8-13(9-7-12)10-16(18)15-11-19-17-5-3-2-4-14(15)17/h2-9,11,16H,10,18H2,1H3. The van der Waals surface area contributed by atoms with E-state index in [0.29, 0.717) is 0 Å². The molecule has 0 radical (unpaired) electrons. The largest absolute Gasteiger partial charge is 0.324 e. The topological polar surface area (TPSA) is 26.0 Å². The van der Waals surface area contributed by atoms with Gasteiger partial charge in [0.15, 0.2) is 0 Å². The molecule has 0 aliphatic rings. The molecule has 1 atom stereocenters. The SMILES string of the molecule is Cc1ccc(CC(N)c2csc3ccccc23)cc1. The molecule has 1 nitrogen and oxygen atoms in total. The molecule has 2 heteroatoms. The fourth-order valence-electron chi connectivity index (χ4n) is 2.37. The third-order valence-corrected chi connectivity index (χ3v) is 4.47. The van der Waals surface area contributed by atoms with Gasteiger partial charge in [0.25, 0.3) is 0 Å². The number of nitrogens with two attached hydrogens (primary N) is 1. The Morgan fingerprint density at radius 1 is 1.05 bits per heavy atom. The summed E-state index contributed by atoms with van der Waals surface area (Å²) in [6.07, 6.45) is 0.890. The van der Waals surface area contributed by atoms with Crippen molar-refractivity contribution in [2.24, 2.45) is 5.73 Å². The van der Waals surface area contributed by atoms with Crippen LogP contribution in [-0.4, -0.2) is 0 Å². The summed E-state index contributed by atoms with van der Waals surface area (Å²) in [5.74, 6) is 0. The van der Waals surface area contributed by atoms with Gasteiger partial charge in [0.2, 0.25) is 0 Å². The second-order valence-corrected chi connectivity index (χ2v) is 5.89. The predicted molar refractivity (Wildman–Crippen MR) is 83.6 cm³/mol. The summed E-state index contributed by atoms with van der Waals surface area (Å²) in [6, 6.07) is 17.2. The fraction of sp³-hybridized carbons (Fsp3) is 0.176. The Morgan fingerprint density at radius 2 is 1.79 bits per heavy atom. The normalized spacial score (nSPS) is 12.7. The average molecular weight is 267 g/mol. The van der Waals surface area contributed by atoms with Crippen LogP contribution >= 0.6 is 11.3 Å². The molecule has 19 heavy (non-hydrogen) atoms. The van der Waals surface area contributed by atoms with E-state index in [-0.39, 0.29) is 6.04 Å². The average Bonchev–Trinajstić information content (AvgIpc) is 2.85. The van der Waals surface area contributed by atoms with Crippen LogP contribution in [0.3, 0.4) is 0 Å². The molecule has 3 rings (SSSR count). The van der Waals surface area contributed by atoms with Crippen molar-refractivity contribution in [1.29, 1.82) is 0 Å². The summed E-state index contributed by atoms with van der Waals surface area (Å²) in [6.45, 7) is 2.11. The lowest BCUT2D eigenvalue weighted by Gasteiger charge is -2.11. The second-order valence-electron chi connectivity index (χ2n) is 4.98. The van der Waals surface area contributed by atoms with Crippen molar-refractivity contribution in [3.63, 3.8) is 0 Å². The number of hydrogen-bond donors (Lipinski definition) is 1. The molecule has 0 spiro atoms. The third kappa shape index (κ3) is 2.55. The number of benzene rings is 2. The Morgan fingerprint density at radius 3 is 2.58 bits per heavy atom. The van der Waals surface area contributed by atoms with Gasteiger partial charge in [-0.2, -0.15) is 0 Å². The van der Waals surface area contributed by atoms with Gasteiger partial charge in [0, 0.05) is 10.7 Å². The van der Waals surface area contributed by atoms with Gasteiger partial charge >= 0.3 is 0 Å². The quantitative estimate of drug-likeness (QED) is 0.745. The van der Waals surface area contributed by atoms with Crippen LogP contribution in [0.2, 0.25) is 0 Å². The van der Waals surface area contributed by atoms with E-state index < -0.39 is 0 Å². The molecule has 0 fully saturated rings. The molecule has 1 aromatic heterocycles. The van der Waals surface area contributed by atoms with Crippen LogP contribution in [0, 0.1) is 6.92 Å². The second kappa shape index (κ2) is 5.16. The van der Waals surface area contributed by atoms with Crippen LogP contribution < -0.4 is 5.73 Å². The molecule has 0 aliphatic carbocycles. The minimum Gasteiger partial charge on any atom is -0.324 e. The lowest BCUT2D eigenvalue weighted by molar-refractivity contribution is 0.730. The van der Waals surface area contributed by atoms with Crippen LogP contribution in [0.1, 0.15) is 22.7 Å². The Balaban J connectivity index is 1.87. The fourth-order valence-corrected chi connectivity index (χ4v) is 3.40. The molecule has 0 saturated heterocycles. The number of hydrogen-bond acceptors (Lipinski definition) is 2. The predicted octanol–water partition coefficient (Wildman–Crippen LogP) is 4.45. The van der Waals surface area contributed by atoms with Crippen molar-refractivity contribution < 1.29 is 0 Å². The van der Waals surface area contributed by atoms with Gasteiger partial charge < -0.3 is 5.73 Å². The highest BCUT2D eigenvalue weighted by molar-refractivity contribution is 7.17. The van der Waals surface area contributed by atoms with Crippen molar-refractivity contribution in [2.75, 3.05) is 0 Å². The van der Waals surface area contributed by atoms with E-state index in [2.05, 4.69) is 60.8 Å². The maximum Gasteiger partial charge on any atom is 0.0350 e. The minimum absolute atomic E-state index is 0.0684. The maximum atomic E-state index is 6.38. The number of rotatable bonds is 3. The van der Waals surface area contributed by atoms with Crippen LogP contribution in [-0.2, 0) is 6.42 Å². The first-order valence-electron chi connectivity index (χ1n) is 6.51. The van der Waals surface area contributed by atoms with E-state index in [9.17, 15) is 0 Å². The zero-order chi connectivity index (χ0) is 13.2. The van der Waals surface area contributed by atoms with E-state index >= 15 is 0 Å². The van der Waals surface area contributed by atoms with Crippen molar-refractivity contribution in [3.05, 3.63) is 70.6 Å². The summed E-state index contributed by atoms with van der Waals surface area (Å²) in [5, 5.41) is 3.50. The van der Waals surface area contributed by atoms with Gasteiger partial charge in [-0.05, 0) is 41.3 Å². The molecule has 0 saturated carbocycles. The molecule has 2 aromatic carbocycles. The van der Waals surface area contributed by atoms with Gasteiger partial charge in [-0.15, -0.1) is 11.3 Å². The maximum absolute atomic E-state index is 6.38. The smallest absolute Gasteiger partial charge is 0.0350 e. The van der Waals surface area contributed by atoms with E-state index in [1.807, 2.05) is 0 Å². The van der Waals surface area contributed by atoms with E-state index in [1.54, 1.807) is 11.3 Å². The summed E-state index contributed by atoms with van der Waals surface area (Å²) >= 11 is 1.78. The van der Waals surface area contributed by atoms with Crippen LogP contribution in [0.5, 0.6) is 0 Å². The van der Waals surface area contributed by atoms with Crippen molar-refractivity contribution >= 4 is 21.4 Å². The molecule has 1 heterocycles. The molecular weight excluding hydrogens is 250 g/mol. The third-order valence-electron chi connectivity index (χ3n) is 3.49. The lowest BCUT2D eigenvalue weighted by Crippen LogP contribution is -2.12. The van der Waals surface area contributed by atoms with Crippen molar-refractivity contribution in [3.8, 4) is 0 Å².